The Morgan fingerprint density at radius 3 is 3.11 bits per heavy atom. The fourth-order valence-electron chi connectivity index (χ4n) is 3.04. The van der Waals surface area contributed by atoms with E-state index in [1.54, 1.807) is 11.5 Å². The van der Waals surface area contributed by atoms with Crippen molar-refractivity contribution in [3.63, 3.8) is 0 Å². The van der Waals surface area contributed by atoms with Gasteiger partial charge in [-0.05, 0) is 43.5 Å². The number of rotatable bonds is 1. The van der Waals surface area contributed by atoms with Crippen molar-refractivity contribution in [3.8, 4) is 0 Å². The SMILES string of the molecule is O=C(NO)c1cc(F)c2c(c1)C[C@@H]1CCCN1C2. The van der Waals surface area contributed by atoms with Gasteiger partial charge in [-0.15, -0.1) is 0 Å². The second kappa shape index (κ2) is 4.33. The van der Waals surface area contributed by atoms with Crippen LogP contribution < -0.4 is 5.48 Å². The average molecular weight is 250 g/mol. The highest BCUT2D eigenvalue weighted by Crippen LogP contribution is 2.32. The van der Waals surface area contributed by atoms with Gasteiger partial charge >= 0.3 is 0 Å². The smallest absolute Gasteiger partial charge is 0.274 e. The van der Waals surface area contributed by atoms with Crippen LogP contribution in [0.25, 0.3) is 0 Å². The summed E-state index contributed by atoms with van der Waals surface area (Å²) in [6.07, 6.45) is 3.08. The molecule has 96 valence electrons. The largest absolute Gasteiger partial charge is 0.296 e. The first-order valence-electron chi connectivity index (χ1n) is 6.19. The maximum atomic E-state index is 14.0. The van der Waals surface area contributed by atoms with Crippen LogP contribution >= 0.6 is 0 Å². The van der Waals surface area contributed by atoms with Gasteiger partial charge in [0.1, 0.15) is 5.82 Å². The maximum absolute atomic E-state index is 14.0. The molecule has 2 N–H and O–H groups in total. The number of benzene rings is 1. The molecule has 0 aromatic heterocycles. The summed E-state index contributed by atoms with van der Waals surface area (Å²) in [5, 5.41) is 8.60. The van der Waals surface area contributed by atoms with E-state index in [0.29, 0.717) is 18.2 Å². The Labute approximate surface area is 104 Å². The van der Waals surface area contributed by atoms with Gasteiger partial charge in [0.25, 0.3) is 5.91 Å². The van der Waals surface area contributed by atoms with Crippen molar-refractivity contribution >= 4 is 5.91 Å². The highest BCUT2D eigenvalue weighted by atomic mass is 19.1. The minimum absolute atomic E-state index is 0.181. The molecule has 0 aliphatic carbocycles. The molecule has 18 heavy (non-hydrogen) atoms. The fourth-order valence-corrected chi connectivity index (χ4v) is 3.04. The summed E-state index contributed by atoms with van der Waals surface area (Å²) in [4.78, 5) is 13.6. The Balaban J connectivity index is 1.99. The molecule has 1 amide bonds. The first-order valence-corrected chi connectivity index (χ1v) is 6.19. The van der Waals surface area contributed by atoms with E-state index in [1.807, 2.05) is 0 Å². The third-order valence-electron chi connectivity index (χ3n) is 3.97. The Morgan fingerprint density at radius 1 is 1.50 bits per heavy atom. The van der Waals surface area contributed by atoms with Gasteiger partial charge in [0.05, 0.1) is 0 Å². The summed E-state index contributed by atoms with van der Waals surface area (Å²) in [7, 11) is 0. The van der Waals surface area contributed by atoms with Gasteiger partial charge in [-0.25, -0.2) is 9.87 Å². The Bertz CT molecular complexity index is 504. The van der Waals surface area contributed by atoms with Crippen molar-refractivity contribution in [1.29, 1.82) is 0 Å². The predicted octanol–water partition coefficient (Wildman–Crippen LogP) is 1.47. The maximum Gasteiger partial charge on any atom is 0.274 e. The Hall–Kier alpha value is -1.46. The molecule has 4 nitrogen and oxygen atoms in total. The van der Waals surface area contributed by atoms with E-state index < -0.39 is 5.91 Å². The third-order valence-corrected chi connectivity index (χ3v) is 3.97. The number of carbonyl (C=O) groups excluding carboxylic acids is 1. The number of hydroxylamine groups is 1. The predicted molar refractivity (Wildman–Crippen MR) is 62.8 cm³/mol. The van der Waals surface area contributed by atoms with Crippen LogP contribution in [0.3, 0.4) is 0 Å². The lowest BCUT2D eigenvalue weighted by atomic mass is 9.92. The normalized spacial score (nSPS) is 22.4. The second-order valence-corrected chi connectivity index (χ2v) is 5.01. The molecule has 2 aliphatic heterocycles. The third kappa shape index (κ3) is 1.79. The van der Waals surface area contributed by atoms with Crippen molar-refractivity contribution in [3.05, 3.63) is 34.6 Å². The first kappa shape index (κ1) is 11.6. The second-order valence-electron chi connectivity index (χ2n) is 5.01. The number of nitrogens with one attached hydrogen (secondary N) is 1. The van der Waals surface area contributed by atoms with Crippen LogP contribution in [-0.2, 0) is 13.0 Å². The standard InChI is InChI=1S/C13H15FN2O2/c14-12-6-9(13(17)15-18)4-8-5-10-2-1-3-16(10)7-11(8)12/h4,6,10,18H,1-3,5,7H2,(H,15,17)/t10-/m0/s1. The van der Waals surface area contributed by atoms with Crippen LogP contribution in [0.4, 0.5) is 4.39 Å². The number of nitrogens with zero attached hydrogens (tertiary/aromatic N) is 1. The molecule has 2 aliphatic rings. The van der Waals surface area contributed by atoms with Crippen molar-refractivity contribution in [2.45, 2.75) is 31.8 Å². The molecule has 0 unspecified atom stereocenters. The zero-order valence-corrected chi connectivity index (χ0v) is 9.95. The summed E-state index contributed by atoms with van der Waals surface area (Å²) in [5.74, 6) is -1.01. The lowest BCUT2D eigenvalue weighted by molar-refractivity contribution is 0.0705. The number of fused-ring (bicyclic) bond motifs is 2. The summed E-state index contributed by atoms with van der Waals surface area (Å²) in [6, 6.07) is 3.37. The van der Waals surface area contributed by atoms with Crippen LogP contribution in [0.1, 0.15) is 34.3 Å². The molecule has 5 heteroatoms. The minimum atomic E-state index is -0.662. The Morgan fingerprint density at radius 2 is 2.33 bits per heavy atom. The molecule has 1 aromatic rings. The first-order chi connectivity index (χ1) is 8.69. The Kier molecular flexibility index (Phi) is 2.80. The van der Waals surface area contributed by atoms with Crippen LogP contribution in [0, 0.1) is 5.82 Å². The van der Waals surface area contributed by atoms with E-state index in [0.717, 1.165) is 31.4 Å². The lowest BCUT2D eigenvalue weighted by Crippen LogP contribution is -2.36. The van der Waals surface area contributed by atoms with E-state index >= 15 is 0 Å². The molecule has 0 radical (unpaired) electrons. The van der Waals surface area contributed by atoms with Gasteiger partial charge in [-0.1, -0.05) is 0 Å². The fraction of sp³-hybridized carbons (Fsp3) is 0.462. The van der Waals surface area contributed by atoms with Crippen LogP contribution in [0.15, 0.2) is 12.1 Å². The van der Waals surface area contributed by atoms with Gasteiger partial charge in [-0.3, -0.25) is 14.9 Å². The number of amides is 1. The number of halogens is 1. The van der Waals surface area contributed by atoms with Gasteiger partial charge in [0.2, 0.25) is 0 Å². The molecule has 0 spiro atoms. The summed E-state index contributed by atoms with van der Waals surface area (Å²) < 4.78 is 14.0. The molecule has 1 atom stereocenters. The zero-order valence-electron chi connectivity index (χ0n) is 9.95. The van der Waals surface area contributed by atoms with E-state index in [9.17, 15) is 9.18 Å². The minimum Gasteiger partial charge on any atom is -0.296 e. The van der Waals surface area contributed by atoms with Crippen molar-refractivity contribution in [2.24, 2.45) is 0 Å². The van der Waals surface area contributed by atoms with Crippen LogP contribution in [0.5, 0.6) is 0 Å². The summed E-state index contributed by atoms with van der Waals surface area (Å²) in [5.41, 5.74) is 3.32. The number of hydrogen-bond acceptors (Lipinski definition) is 3. The molecular formula is C13H15FN2O2. The van der Waals surface area contributed by atoms with Crippen molar-refractivity contribution in [2.75, 3.05) is 6.54 Å². The molecule has 2 heterocycles. The monoisotopic (exact) mass is 250 g/mol. The molecule has 1 saturated heterocycles. The average Bonchev–Trinajstić information content (AvgIpc) is 2.82. The van der Waals surface area contributed by atoms with E-state index in [4.69, 9.17) is 5.21 Å². The van der Waals surface area contributed by atoms with Gasteiger partial charge < -0.3 is 0 Å². The van der Waals surface area contributed by atoms with Crippen LogP contribution in [-0.4, -0.2) is 28.6 Å². The summed E-state index contributed by atoms with van der Waals surface area (Å²) >= 11 is 0. The quantitative estimate of drug-likeness (QED) is 0.586. The summed E-state index contributed by atoms with van der Waals surface area (Å²) in [6.45, 7) is 1.66. The van der Waals surface area contributed by atoms with Gasteiger partial charge in [0.15, 0.2) is 0 Å². The van der Waals surface area contributed by atoms with Gasteiger partial charge in [-0.2, -0.15) is 0 Å². The lowest BCUT2D eigenvalue weighted by Gasteiger charge is -2.31. The van der Waals surface area contributed by atoms with Crippen LogP contribution in [0.2, 0.25) is 0 Å². The van der Waals surface area contributed by atoms with Crippen molar-refractivity contribution in [1.82, 2.24) is 10.4 Å². The molecule has 0 bridgehead atoms. The number of carbonyl (C=O) groups is 1. The highest BCUT2D eigenvalue weighted by Gasteiger charge is 2.31. The molecule has 0 saturated carbocycles. The number of hydrogen-bond donors (Lipinski definition) is 2. The molecule has 1 fully saturated rings. The molecular weight excluding hydrogens is 235 g/mol. The van der Waals surface area contributed by atoms with E-state index in [1.165, 1.54) is 6.07 Å². The van der Waals surface area contributed by atoms with E-state index in [-0.39, 0.29) is 11.4 Å². The van der Waals surface area contributed by atoms with Gasteiger partial charge in [0, 0.05) is 23.7 Å². The van der Waals surface area contributed by atoms with E-state index in [2.05, 4.69) is 4.90 Å². The zero-order chi connectivity index (χ0) is 12.7. The topological polar surface area (TPSA) is 52.6 Å². The highest BCUT2D eigenvalue weighted by molar-refractivity contribution is 5.93. The molecule has 3 rings (SSSR count). The molecule has 1 aromatic carbocycles. The van der Waals surface area contributed by atoms with Crippen molar-refractivity contribution < 1.29 is 14.4 Å².